The van der Waals surface area contributed by atoms with Crippen LogP contribution in [0.25, 0.3) is 0 Å². The van der Waals surface area contributed by atoms with Crippen molar-refractivity contribution in [1.29, 1.82) is 0 Å². The first-order valence-corrected chi connectivity index (χ1v) is 4.80. The van der Waals surface area contributed by atoms with Crippen molar-refractivity contribution in [1.82, 2.24) is 0 Å². The summed E-state index contributed by atoms with van der Waals surface area (Å²) in [6, 6.07) is 9.54. The molecule has 15 heavy (non-hydrogen) atoms. The monoisotopic (exact) mass is 212 g/mol. The first-order chi connectivity index (χ1) is 6.97. The standard InChI is InChI=1S/C11H16O4/c1-9(7-11(12,13)14)15-8-10-5-3-2-4-6-10/h2-6,9,12-14H,7-8H2,1H3. The average molecular weight is 212 g/mol. The number of hydrogen-bond acceptors (Lipinski definition) is 4. The van der Waals surface area contributed by atoms with E-state index in [4.69, 9.17) is 20.1 Å². The fourth-order valence-corrected chi connectivity index (χ4v) is 1.26. The van der Waals surface area contributed by atoms with Gasteiger partial charge in [0.05, 0.1) is 19.1 Å². The van der Waals surface area contributed by atoms with E-state index < -0.39 is 12.1 Å². The van der Waals surface area contributed by atoms with E-state index in [1.165, 1.54) is 0 Å². The first-order valence-electron chi connectivity index (χ1n) is 4.80. The molecule has 0 amide bonds. The van der Waals surface area contributed by atoms with Gasteiger partial charge in [0.1, 0.15) is 0 Å². The van der Waals surface area contributed by atoms with E-state index >= 15 is 0 Å². The minimum atomic E-state index is -2.66. The summed E-state index contributed by atoms with van der Waals surface area (Å²) in [5.74, 6) is -2.66. The molecular weight excluding hydrogens is 196 g/mol. The molecule has 4 heteroatoms. The summed E-state index contributed by atoms with van der Waals surface area (Å²) in [7, 11) is 0. The fraction of sp³-hybridized carbons (Fsp3) is 0.455. The van der Waals surface area contributed by atoms with E-state index in [-0.39, 0.29) is 6.42 Å². The van der Waals surface area contributed by atoms with Gasteiger partial charge >= 0.3 is 0 Å². The third kappa shape index (κ3) is 5.49. The van der Waals surface area contributed by atoms with Crippen LogP contribution < -0.4 is 0 Å². The number of aliphatic hydroxyl groups is 3. The highest BCUT2D eigenvalue weighted by Gasteiger charge is 2.22. The molecule has 0 aliphatic carbocycles. The summed E-state index contributed by atoms with van der Waals surface area (Å²) in [5, 5.41) is 26.1. The van der Waals surface area contributed by atoms with Crippen molar-refractivity contribution in [3.8, 4) is 0 Å². The maximum absolute atomic E-state index is 8.72. The predicted octanol–water partition coefficient (Wildman–Crippen LogP) is 0.613. The van der Waals surface area contributed by atoms with Gasteiger partial charge in [0.15, 0.2) is 0 Å². The Labute approximate surface area is 88.8 Å². The molecule has 0 fully saturated rings. The molecule has 0 aliphatic rings. The van der Waals surface area contributed by atoms with Gasteiger partial charge in [-0.15, -0.1) is 0 Å². The summed E-state index contributed by atoms with van der Waals surface area (Å²) >= 11 is 0. The maximum Gasteiger partial charge on any atom is 0.277 e. The van der Waals surface area contributed by atoms with Crippen LogP contribution in [0.3, 0.4) is 0 Å². The van der Waals surface area contributed by atoms with E-state index in [2.05, 4.69) is 0 Å². The van der Waals surface area contributed by atoms with Crippen LogP contribution in [0.15, 0.2) is 30.3 Å². The average Bonchev–Trinajstić information content (AvgIpc) is 2.14. The van der Waals surface area contributed by atoms with Gasteiger partial charge in [0.25, 0.3) is 5.97 Å². The molecule has 1 aromatic carbocycles. The second-order valence-corrected chi connectivity index (χ2v) is 3.59. The zero-order valence-corrected chi connectivity index (χ0v) is 8.63. The lowest BCUT2D eigenvalue weighted by atomic mass is 10.2. The number of hydrogen-bond donors (Lipinski definition) is 3. The van der Waals surface area contributed by atoms with Crippen molar-refractivity contribution in [2.75, 3.05) is 0 Å². The fourth-order valence-electron chi connectivity index (χ4n) is 1.26. The molecule has 1 atom stereocenters. The lowest BCUT2D eigenvalue weighted by Gasteiger charge is -2.19. The SMILES string of the molecule is CC(CC(O)(O)O)OCc1ccccc1. The summed E-state index contributed by atoms with van der Waals surface area (Å²) in [4.78, 5) is 0. The van der Waals surface area contributed by atoms with Crippen molar-refractivity contribution in [3.63, 3.8) is 0 Å². The number of rotatable bonds is 5. The zero-order valence-electron chi connectivity index (χ0n) is 8.63. The van der Waals surface area contributed by atoms with Crippen LogP contribution in [0.5, 0.6) is 0 Å². The molecule has 1 aromatic rings. The molecular formula is C11H16O4. The Kier molecular flexibility index (Phi) is 4.23. The molecule has 4 nitrogen and oxygen atoms in total. The van der Waals surface area contributed by atoms with Crippen molar-refractivity contribution in [2.24, 2.45) is 0 Å². The Balaban J connectivity index is 2.32. The summed E-state index contributed by atoms with van der Waals surface area (Å²) < 4.78 is 5.32. The molecule has 0 aromatic heterocycles. The Morgan fingerprint density at radius 2 is 1.80 bits per heavy atom. The van der Waals surface area contributed by atoms with Gasteiger partial charge < -0.3 is 20.1 Å². The minimum absolute atomic E-state index is 0.236. The van der Waals surface area contributed by atoms with Crippen molar-refractivity contribution in [3.05, 3.63) is 35.9 Å². The maximum atomic E-state index is 8.72. The quantitative estimate of drug-likeness (QED) is 0.625. The molecule has 0 spiro atoms. The Hall–Kier alpha value is -0.940. The van der Waals surface area contributed by atoms with Gasteiger partial charge in [-0.2, -0.15) is 0 Å². The molecule has 1 unspecified atom stereocenters. The van der Waals surface area contributed by atoms with Crippen LogP contribution in [-0.4, -0.2) is 27.4 Å². The summed E-state index contributed by atoms with van der Waals surface area (Å²) in [6.45, 7) is 2.05. The highest BCUT2D eigenvalue weighted by atomic mass is 16.7. The van der Waals surface area contributed by atoms with E-state index in [0.717, 1.165) is 5.56 Å². The lowest BCUT2D eigenvalue weighted by Crippen LogP contribution is -2.32. The van der Waals surface area contributed by atoms with Gasteiger partial charge in [-0.1, -0.05) is 30.3 Å². The van der Waals surface area contributed by atoms with E-state index in [9.17, 15) is 0 Å². The predicted molar refractivity (Wildman–Crippen MR) is 54.7 cm³/mol. The largest absolute Gasteiger partial charge is 0.374 e. The lowest BCUT2D eigenvalue weighted by molar-refractivity contribution is -0.323. The third-order valence-electron chi connectivity index (χ3n) is 1.94. The second-order valence-electron chi connectivity index (χ2n) is 3.59. The highest BCUT2D eigenvalue weighted by molar-refractivity contribution is 5.13. The van der Waals surface area contributed by atoms with E-state index in [1.807, 2.05) is 30.3 Å². The molecule has 0 saturated heterocycles. The molecule has 0 aliphatic heterocycles. The molecule has 0 bridgehead atoms. The molecule has 0 radical (unpaired) electrons. The van der Waals surface area contributed by atoms with Crippen LogP contribution in [-0.2, 0) is 11.3 Å². The van der Waals surface area contributed by atoms with Gasteiger partial charge in [0.2, 0.25) is 0 Å². The second kappa shape index (κ2) is 5.23. The molecule has 84 valence electrons. The number of ether oxygens (including phenoxy) is 1. The van der Waals surface area contributed by atoms with Gasteiger partial charge in [-0.05, 0) is 12.5 Å². The molecule has 3 N–H and O–H groups in total. The molecule has 1 rings (SSSR count). The first kappa shape index (κ1) is 12.1. The van der Waals surface area contributed by atoms with Crippen molar-refractivity contribution < 1.29 is 20.1 Å². The van der Waals surface area contributed by atoms with Crippen molar-refractivity contribution in [2.45, 2.75) is 32.0 Å². The molecule has 0 saturated carbocycles. The summed E-state index contributed by atoms with van der Waals surface area (Å²) in [5.41, 5.74) is 1.00. The zero-order chi connectivity index (χ0) is 11.3. The van der Waals surface area contributed by atoms with Crippen LogP contribution in [0.2, 0.25) is 0 Å². The van der Waals surface area contributed by atoms with Gasteiger partial charge in [-0.25, -0.2) is 0 Å². The van der Waals surface area contributed by atoms with Crippen LogP contribution in [0.4, 0.5) is 0 Å². The van der Waals surface area contributed by atoms with E-state index in [0.29, 0.717) is 6.61 Å². The Morgan fingerprint density at radius 3 is 2.33 bits per heavy atom. The van der Waals surface area contributed by atoms with Crippen LogP contribution in [0.1, 0.15) is 18.9 Å². The normalized spacial score (nSPS) is 13.9. The topological polar surface area (TPSA) is 69.9 Å². The third-order valence-corrected chi connectivity index (χ3v) is 1.94. The van der Waals surface area contributed by atoms with Crippen LogP contribution in [0, 0.1) is 0 Å². The highest BCUT2D eigenvalue weighted by Crippen LogP contribution is 2.10. The summed E-state index contributed by atoms with van der Waals surface area (Å²) in [6.07, 6.45) is -0.662. The molecule has 0 heterocycles. The van der Waals surface area contributed by atoms with Crippen LogP contribution >= 0.6 is 0 Å². The van der Waals surface area contributed by atoms with Gasteiger partial charge in [-0.3, -0.25) is 0 Å². The van der Waals surface area contributed by atoms with E-state index in [1.54, 1.807) is 6.92 Å². The Bertz CT molecular complexity index is 278. The number of benzene rings is 1. The smallest absolute Gasteiger partial charge is 0.277 e. The Morgan fingerprint density at radius 1 is 1.20 bits per heavy atom. The van der Waals surface area contributed by atoms with Crippen molar-refractivity contribution >= 4 is 0 Å². The van der Waals surface area contributed by atoms with Gasteiger partial charge in [0, 0.05) is 0 Å². The minimum Gasteiger partial charge on any atom is -0.374 e.